The van der Waals surface area contributed by atoms with E-state index in [1.807, 2.05) is 0 Å². The largest absolute Gasteiger partial charge is 0.387 e. The summed E-state index contributed by atoms with van der Waals surface area (Å²) in [5.41, 5.74) is 0.737. The van der Waals surface area contributed by atoms with Crippen LogP contribution in [0.3, 0.4) is 0 Å². The Balaban J connectivity index is 1.81. The van der Waals surface area contributed by atoms with Crippen molar-refractivity contribution in [2.24, 2.45) is 5.92 Å². The summed E-state index contributed by atoms with van der Waals surface area (Å²) in [6.45, 7) is 1.91. The Hall–Kier alpha value is -2.15. The Bertz CT molecular complexity index is 544. The van der Waals surface area contributed by atoms with E-state index >= 15 is 0 Å². The number of nitro groups is 1. The zero-order valence-electron chi connectivity index (χ0n) is 12.6. The Kier molecular flexibility index (Phi) is 5.71. The number of hydrogen-bond acceptors (Lipinski definition) is 5. The molecule has 0 atom stereocenters. The van der Waals surface area contributed by atoms with Gasteiger partial charge in [-0.3, -0.25) is 14.9 Å². The number of carbonyl (C=O) groups excluding carboxylic acids is 1. The van der Waals surface area contributed by atoms with E-state index in [2.05, 4.69) is 10.6 Å². The number of ether oxygens (including phenoxy) is 1. The molecule has 2 rings (SSSR count). The number of nitro benzene ring substituents is 1. The van der Waals surface area contributed by atoms with Crippen molar-refractivity contribution in [2.75, 3.05) is 32.1 Å². The molecule has 7 nitrogen and oxygen atoms in total. The number of hydrogen-bond donors (Lipinski definition) is 2. The van der Waals surface area contributed by atoms with Gasteiger partial charge in [-0.2, -0.15) is 0 Å². The third-order valence-corrected chi connectivity index (χ3v) is 3.53. The molecule has 0 bridgehead atoms. The lowest BCUT2D eigenvalue weighted by Gasteiger charge is -2.10. The zero-order valence-corrected chi connectivity index (χ0v) is 12.6. The van der Waals surface area contributed by atoms with E-state index in [1.165, 1.54) is 31.0 Å². The van der Waals surface area contributed by atoms with Gasteiger partial charge in [0.2, 0.25) is 0 Å². The molecule has 0 radical (unpaired) electrons. The van der Waals surface area contributed by atoms with Gasteiger partial charge in [-0.1, -0.05) is 0 Å². The number of benzene rings is 1. The van der Waals surface area contributed by atoms with E-state index in [0.717, 1.165) is 18.9 Å². The maximum absolute atomic E-state index is 12.1. The highest BCUT2D eigenvalue weighted by Crippen LogP contribution is 2.28. The average molecular weight is 307 g/mol. The van der Waals surface area contributed by atoms with E-state index in [4.69, 9.17) is 4.74 Å². The van der Waals surface area contributed by atoms with Gasteiger partial charge in [-0.25, -0.2) is 0 Å². The smallest absolute Gasteiger partial charge is 0.270 e. The fourth-order valence-corrected chi connectivity index (χ4v) is 2.06. The van der Waals surface area contributed by atoms with Gasteiger partial charge in [-0.05, 0) is 31.2 Å². The van der Waals surface area contributed by atoms with Crippen molar-refractivity contribution in [1.29, 1.82) is 0 Å². The van der Waals surface area contributed by atoms with Crippen molar-refractivity contribution in [3.63, 3.8) is 0 Å². The lowest BCUT2D eigenvalue weighted by atomic mass is 10.1. The second-order valence-electron chi connectivity index (χ2n) is 5.36. The molecule has 0 spiro atoms. The van der Waals surface area contributed by atoms with Gasteiger partial charge in [0.15, 0.2) is 0 Å². The Morgan fingerprint density at radius 1 is 1.45 bits per heavy atom. The predicted molar refractivity (Wildman–Crippen MR) is 83.1 cm³/mol. The quantitative estimate of drug-likeness (QED) is 0.414. The lowest BCUT2D eigenvalue weighted by molar-refractivity contribution is -0.384. The molecule has 1 aliphatic rings. The topological polar surface area (TPSA) is 93.5 Å². The zero-order chi connectivity index (χ0) is 15.9. The van der Waals surface area contributed by atoms with E-state index in [0.29, 0.717) is 18.8 Å². The summed E-state index contributed by atoms with van der Waals surface area (Å²) >= 11 is 0. The maximum atomic E-state index is 12.1. The number of nitrogens with zero attached hydrogens (tertiary/aromatic N) is 1. The highest BCUT2D eigenvalue weighted by atomic mass is 16.6. The first-order valence-electron chi connectivity index (χ1n) is 7.44. The molecule has 0 unspecified atom stereocenters. The van der Waals surface area contributed by atoms with Crippen molar-refractivity contribution >= 4 is 17.3 Å². The minimum atomic E-state index is -0.512. The van der Waals surface area contributed by atoms with Gasteiger partial charge in [0.25, 0.3) is 11.6 Å². The number of nitrogens with one attached hydrogen (secondary N) is 2. The third-order valence-electron chi connectivity index (χ3n) is 3.53. The molecule has 22 heavy (non-hydrogen) atoms. The molecule has 1 aromatic carbocycles. The van der Waals surface area contributed by atoms with Crippen LogP contribution in [0.25, 0.3) is 0 Å². The van der Waals surface area contributed by atoms with Crippen LogP contribution in [-0.4, -0.2) is 37.6 Å². The standard InChI is InChI=1S/C15H21N3O4/c1-16-14-6-5-12(18(20)21)9-13(14)15(19)17-7-2-8-22-10-11-3-4-11/h5-6,9,11,16H,2-4,7-8,10H2,1H3,(H,17,19). The number of amides is 1. The van der Waals surface area contributed by atoms with Crippen LogP contribution in [-0.2, 0) is 4.74 Å². The van der Waals surface area contributed by atoms with Crippen molar-refractivity contribution in [3.8, 4) is 0 Å². The van der Waals surface area contributed by atoms with E-state index < -0.39 is 4.92 Å². The van der Waals surface area contributed by atoms with Crippen molar-refractivity contribution < 1.29 is 14.5 Å². The minimum Gasteiger partial charge on any atom is -0.387 e. The number of carbonyl (C=O) groups is 1. The summed E-state index contributed by atoms with van der Waals surface area (Å²) in [6.07, 6.45) is 3.24. The van der Waals surface area contributed by atoms with E-state index in [9.17, 15) is 14.9 Å². The minimum absolute atomic E-state index is 0.100. The number of non-ortho nitro benzene ring substituents is 1. The molecule has 0 saturated heterocycles. The molecular weight excluding hydrogens is 286 g/mol. The molecule has 1 amide bonds. The molecule has 0 aromatic heterocycles. The molecule has 1 aromatic rings. The molecule has 7 heteroatoms. The SMILES string of the molecule is CNc1ccc([N+](=O)[O-])cc1C(=O)NCCCOCC1CC1. The maximum Gasteiger partial charge on any atom is 0.270 e. The first-order valence-corrected chi connectivity index (χ1v) is 7.44. The van der Waals surface area contributed by atoms with E-state index in [-0.39, 0.29) is 17.2 Å². The number of rotatable bonds is 9. The normalized spacial score (nSPS) is 13.7. The van der Waals surface area contributed by atoms with Gasteiger partial charge >= 0.3 is 0 Å². The summed E-state index contributed by atoms with van der Waals surface area (Å²) in [5.74, 6) is 0.410. The van der Waals surface area contributed by atoms with Crippen LogP contribution < -0.4 is 10.6 Å². The number of anilines is 1. The highest BCUT2D eigenvalue weighted by molar-refractivity contribution is 6.00. The molecule has 1 fully saturated rings. The van der Waals surface area contributed by atoms with Gasteiger partial charge in [0.05, 0.1) is 10.5 Å². The second-order valence-corrected chi connectivity index (χ2v) is 5.36. The molecule has 120 valence electrons. The third kappa shape index (κ3) is 4.70. The van der Waals surface area contributed by atoms with Crippen LogP contribution in [0.15, 0.2) is 18.2 Å². The lowest BCUT2D eigenvalue weighted by Crippen LogP contribution is -2.26. The summed E-state index contributed by atoms with van der Waals surface area (Å²) in [7, 11) is 1.67. The summed E-state index contributed by atoms with van der Waals surface area (Å²) < 4.78 is 5.49. The van der Waals surface area contributed by atoms with Gasteiger partial charge in [-0.15, -0.1) is 0 Å². The van der Waals surface area contributed by atoms with Crippen molar-refractivity contribution in [2.45, 2.75) is 19.3 Å². The average Bonchev–Trinajstić information content (AvgIpc) is 3.33. The Morgan fingerprint density at radius 2 is 2.23 bits per heavy atom. The molecule has 1 saturated carbocycles. The monoisotopic (exact) mass is 307 g/mol. The molecule has 0 aliphatic heterocycles. The fourth-order valence-electron chi connectivity index (χ4n) is 2.06. The Labute approximate surface area is 129 Å². The van der Waals surface area contributed by atoms with Crippen LogP contribution in [0.2, 0.25) is 0 Å². The second kappa shape index (κ2) is 7.74. The highest BCUT2D eigenvalue weighted by Gasteiger charge is 2.21. The van der Waals surface area contributed by atoms with Crippen LogP contribution in [0, 0.1) is 16.0 Å². The Morgan fingerprint density at radius 3 is 2.86 bits per heavy atom. The van der Waals surface area contributed by atoms with E-state index in [1.54, 1.807) is 7.05 Å². The fraction of sp³-hybridized carbons (Fsp3) is 0.533. The van der Waals surface area contributed by atoms with Crippen LogP contribution in [0.4, 0.5) is 11.4 Å². The van der Waals surface area contributed by atoms with Gasteiger partial charge in [0.1, 0.15) is 0 Å². The van der Waals surface area contributed by atoms with Gasteiger partial charge < -0.3 is 15.4 Å². The van der Waals surface area contributed by atoms with Crippen LogP contribution >= 0.6 is 0 Å². The van der Waals surface area contributed by atoms with Crippen molar-refractivity contribution in [3.05, 3.63) is 33.9 Å². The summed E-state index contributed by atoms with van der Waals surface area (Å²) in [4.78, 5) is 22.4. The van der Waals surface area contributed by atoms with Gasteiger partial charge in [0, 0.05) is 44.6 Å². The van der Waals surface area contributed by atoms with Crippen molar-refractivity contribution in [1.82, 2.24) is 5.32 Å². The summed E-state index contributed by atoms with van der Waals surface area (Å²) in [5, 5.41) is 16.4. The first-order chi connectivity index (χ1) is 10.6. The first kappa shape index (κ1) is 16.2. The molecule has 2 N–H and O–H groups in total. The summed E-state index contributed by atoms with van der Waals surface area (Å²) in [6, 6.07) is 4.19. The molecule has 0 heterocycles. The molecule has 1 aliphatic carbocycles. The molecular formula is C15H21N3O4. The van der Waals surface area contributed by atoms with Crippen LogP contribution in [0.5, 0.6) is 0 Å². The van der Waals surface area contributed by atoms with Crippen LogP contribution in [0.1, 0.15) is 29.6 Å². The predicted octanol–water partition coefficient (Wildman–Crippen LogP) is 2.18.